The summed E-state index contributed by atoms with van der Waals surface area (Å²) in [5.74, 6) is 0. The molecule has 0 aromatic carbocycles. The van der Waals surface area contributed by atoms with Gasteiger partial charge in [-0.2, -0.15) is 0 Å². The van der Waals surface area contributed by atoms with Crippen LogP contribution in [-0.2, 0) is 9.53 Å². The lowest BCUT2D eigenvalue weighted by molar-refractivity contribution is -0.122. The summed E-state index contributed by atoms with van der Waals surface area (Å²) in [6.07, 6.45) is 2.33. The summed E-state index contributed by atoms with van der Waals surface area (Å²) in [5, 5.41) is 0. The minimum Gasteiger partial charge on any atom is -0.374 e. The molecule has 2 heterocycles. The van der Waals surface area contributed by atoms with Gasteiger partial charge in [0.05, 0.1) is 18.8 Å². The van der Waals surface area contributed by atoms with Crippen LogP contribution in [0.4, 0.5) is 0 Å². The monoisotopic (exact) mass is 127 g/mol. The minimum atomic E-state index is 0.347. The van der Waals surface area contributed by atoms with Crippen LogP contribution in [-0.4, -0.2) is 36.6 Å². The highest BCUT2D eigenvalue weighted by Gasteiger charge is 2.37. The summed E-state index contributed by atoms with van der Waals surface area (Å²) in [5.41, 5.74) is 0. The lowest BCUT2D eigenvalue weighted by Gasteiger charge is -2.21. The number of rotatable bonds is 1. The Labute approximate surface area is 53.6 Å². The maximum atomic E-state index is 10.3. The molecular weight excluding hydrogens is 118 g/mol. The Balaban J connectivity index is 2.09. The molecular formula is C6H9NO2. The number of fused-ring (bicyclic) bond motifs is 2. The predicted molar refractivity (Wildman–Crippen MR) is 30.9 cm³/mol. The summed E-state index contributed by atoms with van der Waals surface area (Å²) in [6.45, 7) is 1.57. The van der Waals surface area contributed by atoms with Gasteiger partial charge in [0.15, 0.2) is 0 Å². The molecule has 0 aliphatic carbocycles. The number of hydrogen-bond donors (Lipinski definition) is 0. The van der Waals surface area contributed by atoms with Crippen molar-refractivity contribution in [2.45, 2.75) is 18.6 Å². The molecule has 2 saturated heterocycles. The van der Waals surface area contributed by atoms with E-state index in [0.717, 1.165) is 26.0 Å². The molecule has 0 radical (unpaired) electrons. The molecule has 0 aromatic rings. The molecule has 0 aromatic heterocycles. The number of ether oxygens (including phenoxy) is 1. The van der Waals surface area contributed by atoms with Crippen molar-refractivity contribution in [1.29, 1.82) is 0 Å². The number of nitrogens with zero attached hydrogens (tertiary/aromatic N) is 1. The van der Waals surface area contributed by atoms with Gasteiger partial charge in [-0.05, 0) is 6.42 Å². The summed E-state index contributed by atoms with van der Waals surface area (Å²) in [4.78, 5) is 12.1. The van der Waals surface area contributed by atoms with Crippen molar-refractivity contribution in [3.05, 3.63) is 0 Å². The van der Waals surface area contributed by atoms with Crippen LogP contribution in [0, 0.1) is 0 Å². The van der Waals surface area contributed by atoms with Gasteiger partial charge >= 0.3 is 0 Å². The second kappa shape index (κ2) is 1.70. The third kappa shape index (κ3) is 0.645. The summed E-state index contributed by atoms with van der Waals surface area (Å²) in [6, 6.07) is 0.396. The predicted octanol–water partition coefficient (Wildman–Crippen LogP) is -0.384. The first-order chi connectivity index (χ1) is 4.40. The van der Waals surface area contributed by atoms with Gasteiger partial charge in [0.1, 0.15) is 0 Å². The molecule has 0 N–H and O–H groups in total. The summed E-state index contributed by atoms with van der Waals surface area (Å²) in [7, 11) is 0. The quantitative estimate of drug-likeness (QED) is 0.449. The number of morpholine rings is 1. The van der Waals surface area contributed by atoms with Gasteiger partial charge in [-0.25, -0.2) is 0 Å². The Morgan fingerprint density at radius 2 is 2.56 bits per heavy atom. The Hall–Kier alpha value is -0.570. The van der Waals surface area contributed by atoms with Gasteiger partial charge in [-0.15, -0.1) is 0 Å². The highest BCUT2D eigenvalue weighted by Crippen LogP contribution is 2.25. The van der Waals surface area contributed by atoms with Gasteiger partial charge in [-0.3, -0.25) is 4.79 Å². The first-order valence-electron chi connectivity index (χ1n) is 3.23. The number of amides is 1. The topological polar surface area (TPSA) is 29.5 Å². The van der Waals surface area contributed by atoms with Gasteiger partial charge in [0.25, 0.3) is 0 Å². The zero-order chi connectivity index (χ0) is 6.27. The van der Waals surface area contributed by atoms with E-state index < -0.39 is 0 Å². The second-order valence-electron chi connectivity index (χ2n) is 2.65. The van der Waals surface area contributed by atoms with E-state index in [2.05, 4.69) is 0 Å². The molecule has 3 nitrogen and oxygen atoms in total. The molecule has 9 heavy (non-hydrogen) atoms. The van der Waals surface area contributed by atoms with E-state index >= 15 is 0 Å². The van der Waals surface area contributed by atoms with Crippen molar-refractivity contribution >= 4 is 6.41 Å². The van der Waals surface area contributed by atoms with E-state index in [-0.39, 0.29) is 0 Å². The largest absolute Gasteiger partial charge is 0.374 e. The lowest BCUT2D eigenvalue weighted by Crippen LogP contribution is -2.35. The van der Waals surface area contributed by atoms with Crippen LogP contribution in [0.5, 0.6) is 0 Å². The van der Waals surface area contributed by atoms with Crippen LogP contribution in [0.2, 0.25) is 0 Å². The smallest absolute Gasteiger partial charge is 0.210 e. The number of carbonyl (C=O) groups is 1. The van der Waals surface area contributed by atoms with E-state index in [4.69, 9.17) is 4.74 Å². The normalized spacial score (nSPS) is 39.8. The standard InChI is InChI=1S/C6H9NO2/c8-4-7-2-6-1-5(7)3-9-6/h4-6H,1-3H2. The van der Waals surface area contributed by atoms with Gasteiger partial charge in [0, 0.05) is 6.54 Å². The summed E-state index contributed by atoms with van der Waals surface area (Å²) >= 11 is 0. The third-order valence-corrected chi connectivity index (χ3v) is 2.08. The molecule has 2 bridgehead atoms. The van der Waals surface area contributed by atoms with E-state index in [0.29, 0.717) is 12.1 Å². The number of hydrogen-bond acceptors (Lipinski definition) is 2. The molecule has 2 unspecified atom stereocenters. The fourth-order valence-corrected chi connectivity index (χ4v) is 1.56. The molecule has 2 aliphatic heterocycles. The highest BCUT2D eigenvalue weighted by molar-refractivity contribution is 5.49. The first kappa shape index (κ1) is 5.23. The Bertz CT molecular complexity index is 137. The minimum absolute atomic E-state index is 0.347. The van der Waals surface area contributed by atoms with Gasteiger partial charge < -0.3 is 9.64 Å². The van der Waals surface area contributed by atoms with Crippen LogP contribution in [0.3, 0.4) is 0 Å². The van der Waals surface area contributed by atoms with Crippen molar-refractivity contribution in [3.8, 4) is 0 Å². The zero-order valence-corrected chi connectivity index (χ0v) is 5.12. The van der Waals surface area contributed by atoms with Crippen molar-refractivity contribution in [2.75, 3.05) is 13.2 Å². The average molecular weight is 127 g/mol. The molecule has 2 aliphatic rings. The fraction of sp³-hybridized carbons (Fsp3) is 0.833. The lowest BCUT2D eigenvalue weighted by atomic mass is 10.2. The van der Waals surface area contributed by atoms with Crippen LogP contribution >= 0.6 is 0 Å². The zero-order valence-electron chi connectivity index (χ0n) is 5.12. The molecule has 2 rings (SSSR count). The Morgan fingerprint density at radius 1 is 1.67 bits per heavy atom. The molecule has 3 heteroatoms. The fourth-order valence-electron chi connectivity index (χ4n) is 1.56. The van der Waals surface area contributed by atoms with Crippen LogP contribution < -0.4 is 0 Å². The molecule has 50 valence electrons. The van der Waals surface area contributed by atoms with Crippen LogP contribution in [0.1, 0.15) is 6.42 Å². The van der Waals surface area contributed by atoms with E-state index in [9.17, 15) is 4.79 Å². The molecule has 0 spiro atoms. The number of carbonyl (C=O) groups excluding carboxylic acids is 1. The molecule has 1 amide bonds. The first-order valence-corrected chi connectivity index (χ1v) is 3.23. The SMILES string of the molecule is O=CN1CC2CC1CO2. The van der Waals surface area contributed by atoms with Crippen molar-refractivity contribution < 1.29 is 9.53 Å². The van der Waals surface area contributed by atoms with Crippen LogP contribution in [0.25, 0.3) is 0 Å². The maximum Gasteiger partial charge on any atom is 0.210 e. The van der Waals surface area contributed by atoms with E-state index in [1.54, 1.807) is 0 Å². The van der Waals surface area contributed by atoms with Gasteiger partial charge in [-0.1, -0.05) is 0 Å². The van der Waals surface area contributed by atoms with Crippen LogP contribution in [0.15, 0.2) is 0 Å². The molecule has 2 atom stereocenters. The van der Waals surface area contributed by atoms with Crippen molar-refractivity contribution in [1.82, 2.24) is 4.90 Å². The Morgan fingerprint density at radius 3 is 2.89 bits per heavy atom. The van der Waals surface area contributed by atoms with Crippen molar-refractivity contribution in [2.24, 2.45) is 0 Å². The van der Waals surface area contributed by atoms with E-state index in [1.165, 1.54) is 0 Å². The summed E-state index contributed by atoms with van der Waals surface area (Å²) < 4.78 is 5.28. The number of likely N-dealkylation sites (tertiary alicyclic amines) is 1. The highest BCUT2D eigenvalue weighted by atomic mass is 16.5. The molecule has 2 fully saturated rings. The second-order valence-corrected chi connectivity index (χ2v) is 2.65. The Kier molecular flexibility index (Phi) is 0.990. The van der Waals surface area contributed by atoms with Gasteiger partial charge in [0.2, 0.25) is 6.41 Å². The third-order valence-electron chi connectivity index (χ3n) is 2.08. The maximum absolute atomic E-state index is 10.3. The average Bonchev–Trinajstić information content (AvgIpc) is 2.45. The van der Waals surface area contributed by atoms with Crippen molar-refractivity contribution in [3.63, 3.8) is 0 Å². The molecule has 0 saturated carbocycles. The van der Waals surface area contributed by atoms with E-state index in [1.807, 2.05) is 4.90 Å².